The van der Waals surface area contributed by atoms with Gasteiger partial charge < -0.3 is 5.32 Å². The van der Waals surface area contributed by atoms with Crippen LogP contribution in [-0.2, 0) is 6.54 Å². The molecule has 1 aromatic carbocycles. The number of nitrogens with one attached hydrogen (secondary N) is 1. The Morgan fingerprint density at radius 1 is 1.30 bits per heavy atom. The third-order valence-electron chi connectivity index (χ3n) is 3.01. The second-order valence-corrected chi connectivity index (χ2v) is 5.32. The van der Waals surface area contributed by atoms with Crippen molar-refractivity contribution in [3.8, 4) is 0 Å². The summed E-state index contributed by atoms with van der Waals surface area (Å²) in [5.74, 6) is 0.605. The summed E-state index contributed by atoms with van der Waals surface area (Å²) in [4.78, 5) is 14.5. The van der Waals surface area contributed by atoms with Crippen LogP contribution < -0.4 is 5.32 Å². The van der Waals surface area contributed by atoms with Gasteiger partial charge in [-0.15, -0.1) is 0 Å². The van der Waals surface area contributed by atoms with Crippen LogP contribution in [0.2, 0.25) is 0 Å². The van der Waals surface area contributed by atoms with E-state index < -0.39 is 4.92 Å². The summed E-state index contributed by atoms with van der Waals surface area (Å²) >= 11 is 3.36. The van der Waals surface area contributed by atoms with Crippen LogP contribution in [-0.4, -0.2) is 9.91 Å². The predicted octanol–water partition coefficient (Wildman–Crippen LogP) is 3.98. The first-order valence-electron chi connectivity index (χ1n) is 6.08. The number of halogens is 1. The van der Waals surface area contributed by atoms with Gasteiger partial charge in [0.1, 0.15) is 12.0 Å². The van der Waals surface area contributed by atoms with E-state index in [0.717, 1.165) is 5.56 Å². The molecule has 0 fully saturated rings. The zero-order chi connectivity index (χ0) is 14.7. The molecule has 1 aromatic heterocycles. The summed E-state index contributed by atoms with van der Waals surface area (Å²) in [6.07, 6.45) is 1.28. The monoisotopic (exact) mass is 335 g/mol. The van der Waals surface area contributed by atoms with Crippen molar-refractivity contribution in [2.24, 2.45) is 0 Å². The van der Waals surface area contributed by atoms with Gasteiger partial charge in [-0.05, 0) is 35.3 Å². The molecule has 6 heteroatoms. The van der Waals surface area contributed by atoms with Gasteiger partial charge >= 0.3 is 0 Å². The number of aryl methyl sites for hydroxylation is 1. The molecule has 0 atom stereocenters. The summed E-state index contributed by atoms with van der Waals surface area (Å²) in [7, 11) is 0. The normalized spacial score (nSPS) is 10.3. The number of anilines is 1. The first-order chi connectivity index (χ1) is 9.49. The van der Waals surface area contributed by atoms with Gasteiger partial charge in [0.2, 0.25) is 0 Å². The summed E-state index contributed by atoms with van der Waals surface area (Å²) in [6.45, 7) is 4.35. The lowest BCUT2D eigenvalue weighted by molar-refractivity contribution is -0.385. The van der Waals surface area contributed by atoms with Crippen LogP contribution in [0.5, 0.6) is 0 Å². The van der Waals surface area contributed by atoms with Crippen molar-refractivity contribution in [3.05, 3.63) is 61.7 Å². The fraction of sp³-hybridized carbons (Fsp3) is 0.214. The Kier molecular flexibility index (Phi) is 4.34. The zero-order valence-corrected chi connectivity index (χ0v) is 12.8. The summed E-state index contributed by atoms with van der Waals surface area (Å²) in [5.41, 5.74) is 2.91. The van der Waals surface area contributed by atoms with E-state index in [2.05, 4.69) is 26.2 Å². The Hall–Kier alpha value is -1.95. The zero-order valence-electron chi connectivity index (χ0n) is 11.2. The lowest BCUT2D eigenvalue weighted by atomic mass is 10.1. The van der Waals surface area contributed by atoms with E-state index in [1.165, 1.54) is 11.8 Å². The summed E-state index contributed by atoms with van der Waals surface area (Å²) in [5, 5.41) is 14.0. The van der Waals surface area contributed by atoms with Crippen molar-refractivity contribution in [1.82, 2.24) is 4.98 Å². The van der Waals surface area contributed by atoms with Crippen LogP contribution >= 0.6 is 15.9 Å². The van der Waals surface area contributed by atoms with Crippen molar-refractivity contribution >= 4 is 27.4 Å². The molecule has 0 unspecified atom stereocenters. The van der Waals surface area contributed by atoms with Crippen LogP contribution in [0.4, 0.5) is 11.5 Å². The van der Waals surface area contributed by atoms with E-state index in [1.807, 2.05) is 31.2 Å². The van der Waals surface area contributed by atoms with E-state index in [9.17, 15) is 10.1 Å². The average molecular weight is 336 g/mol. The predicted molar refractivity (Wildman–Crippen MR) is 81.8 cm³/mol. The molecule has 0 spiro atoms. The molecule has 2 aromatic rings. The molecule has 1 N–H and O–H groups in total. The number of hydrogen-bond donors (Lipinski definition) is 1. The van der Waals surface area contributed by atoms with Gasteiger partial charge in [0, 0.05) is 12.1 Å². The minimum absolute atomic E-state index is 0.0118. The van der Waals surface area contributed by atoms with Gasteiger partial charge in [-0.3, -0.25) is 10.1 Å². The smallest absolute Gasteiger partial charge is 0.291 e. The van der Waals surface area contributed by atoms with Gasteiger partial charge in [-0.2, -0.15) is 0 Å². The third kappa shape index (κ3) is 3.14. The van der Waals surface area contributed by atoms with Gasteiger partial charge in [0.15, 0.2) is 0 Å². The first-order valence-corrected chi connectivity index (χ1v) is 6.87. The Balaban J connectivity index is 2.16. The molecule has 104 valence electrons. The highest BCUT2D eigenvalue weighted by molar-refractivity contribution is 9.10. The molecule has 2 rings (SSSR count). The summed E-state index contributed by atoms with van der Waals surface area (Å²) < 4.78 is 0.624. The fourth-order valence-electron chi connectivity index (χ4n) is 1.77. The van der Waals surface area contributed by atoms with Crippen LogP contribution in [0, 0.1) is 24.0 Å². The highest BCUT2D eigenvalue weighted by Crippen LogP contribution is 2.30. The Morgan fingerprint density at radius 2 is 1.95 bits per heavy atom. The Bertz CT molecular complexity index is 642. The van der Waals surface area contributed by atoms with Crippen molar-refractivity contribution in [1.29, 1.82) is 0 Å². The molecule has 20 heavy (non-hydrogen) atoms. The number of nitrogens with zero attached hydrogens (tertiary/aromatic N) is 2. The van der Waals surface area contributed by atoms with E-state index >= 15 is 0 Å². The van der Waals surface area contributed by atoms with E-state index in [1.54, 1.807) is 6.92 Å². The second kappa shape index (κ2) is 6.00. The molecular weight excluding hydrogens is 322 g/mol. The number of hydrogen-bond acceptors (Lipinski definition) is 4. The maximum atomic E-state index is 10.8. The fourth-order valence-corrected chi connectivity index (χ4v) is 2.21. The standard InChI is InChI=1S/C14H14BrN3O2/c1-9-3-5-11(6-4-9)7-16-14-13(15)10(2)12(8-17-14)18(19)20/h3-6,8H,7H2,1-2H3,(H,16,17). The topological polar surface area (TPSA) is 68.1 Å². The molecule has 0 aliphatic rings. The number of aromatic nitrogens is 1. The second-order valence-electron chi connectivity index (χ2n) is 4.53. The van der Waals surface area contributed by atoms with Crippen LogP contribution in [0.25, 0.3) is 0 Å². The molecule has 0 aliphatic heterocycles. The Morgan fingerprint density at radius 3 is 2.55 bits per heavy atom. The minimum Gasteiger partial charge on any atom is -0.365 e. The number of benzene rings is 1. The van der Waals surface area contributed by atoms with Crippen molar-refractivity contribution in [2.75, 3.05) is 5.32 Å². The minimum atomic E-state index is -0.434. The highest BCUT2D eigenvalue weighted by atomic mass is 79.9. The lowest BCUT2D eigenvalue weighted by Gasteiger charge is -2.09. The molecule has 1 heterocycles. The average Bonchev–Trinajstić information content (AvgIpc) is 2.42. The van der Waals surface area contributed by atoms with Gasteiger partial charge in [-0.25, -0.2) is 4.98 Å². The van der Waals surface area contributed by atoms with Crippen molar-refractivity contribution in [3.63, 3.8) is 0 Å². The number of pyridine rings is 1. The molecular formula is C14H14BrN3O2. The van der Waals surface area contributed by atoms with Crippen LogP contribution in [0.3, 0.4) is 0 Å². The van der Waals surface area contributed by atoms with E-state index in [-0.39, 0.29) is 5.69 Å². The SMILES string of the molecule is Cc1ccc(CNc2ncc([N+](=O)[O-])c(C)c2Br)cc1. The van der Waals surface area contributed by atoms with Gasteiger partial charge in [0.25, 0.3) is 5.69 Å². The van der Waals surface area contributed by atoms with Crippen LogP contribution in [0.1, 0.15) is 16.7 Å². The maximum Gasteiger partial charge on any atom is 0.291 e. The third-order valence-corrected chi connectivity index (χ3v) is 3.98. The van der Waals surface area contributed by atoms with Crippen molar-refractivity contribution in [2.45, 2.75) is 20.4 Å². The first kappa shape index (κ1) is 14.5. The van der Waals surface area contributed by atoms with E-state index in [0.29, 0.717) is 22.4 Å². The molecule has 0 radical (unpaired) electrons. The van der Waals surface area contributed by atoms with Gasteiger partial charge in [-0.1, -0.05) is 29.8 Å². The molecule has 0 saturated carbocycles. The molecule has 5 nitrogen and oxygen atoms in total. The summed E-state index contributed by atoms with van der Waals surface area (Å²) in [6, 6.07) is 8.16. The highest BCUT2D eigenvalue weighted by Gasteiger charge is 2.16. The molecule has 0 saturated heterocycles. The maximum absolute atomic E-state index is 10.8. The van der Waals surface area contributed by atoms with E-state index in [4.69, 9.17) is 0 Å². The lowest BCUT2D eigenvalue weighted by Crippen LogP contribution is -2.04. The van der Waals surface area contributed by atoms with Crippen molar-refractivity contribution < 1.29 is 4.92 Å². The molecule has 0 aliphatic carbocycles. The number of nitro groups is 1. The quantitative estimate of drug-likeness (QED) is 0.677. The molecule has 0 bridgehead atoms. The van der Waals surface area contributed by atoms with Crippen LogP contribution in [0.15, 0.2) is 34.9 Å². The Labute approximate surface area is 125 Å². The molecule has 0 amide bonds. The number of rotatable bonds is 4. The largest absolute Gasteiger partial charge is 0.365 e. The van der Waals surface area contributed by atoms with Gasteiger partial charge in [0.05, 0.1) is 9.40 Å².